The van der Waals surface area contributed by atoms with E-state index < -0.39 is 10.8 Å². The van der Waals surface area contributed by atoms with E-state index in [4.69, 9.17) is 9.47 Å². The molecule has 4 rings (SSSR count). The Morgan fingerprint density at radius 3 is 2.82 bits per heavy atom. The van der Waals surface area contributed by atoms with Crippen molar-refractivity contribution in [3.05, 3.63) is 76.4 Å². The molecule has 1 atom stereocenters. The number of nitro benzene ring substituents is 1. The van der Waals surface area contributed by atoms with E-state index in [2.05, 4.69) is 10.3 Å². The Morgan fingerprint density at radius 2 is 2.07 bits per heavy atom. The number of aromatic nitrogens is 2. The minimum Gasteiger partial charge on any atom is -0.454 e. The standard InChI is InChI=1S/C19H16N4O5/c1-12(13-3-5-17-18(9-13)28-11-27-17)21-19(24)14-2-4-15(16(8-14)23(25)26)22-7-6-20-10-22/h2-10,12H,11H2,1H3,(H,21,24). The van der Waals surface area contributed by atoms with Gasteiger partial charge < -0.3 is 19.4 Å². The summed E-state index contributed by atoms with van der Waals surface area (Å²) in [6.07, 6.45) is 4.59. The number of benzene rings is 2. The van der Waals surface area contributed by atoms with Crippen LogP contribution in [0.5, 0.6) is 11.5 Å². The number of ether oxygens (including phenoxy) is 2. The summed E-state index contributed by atoms with van der Waals surface area (Å²) >= 11 is 0. The summed E-state index contributed by atoms with van der Waals surface area (Å²) < 4.78 is 12.2. The van der Waals surface area contributed by atoms with Gasteiger partial charge in [0.2, 0.25) is 6.79 Å². The number of rotatable bonds is 5. The zero-order valence-electron chi connectivity index (χ0n) is 14.9. The molecule has 0 saturated heterocycles. The van der Waals surface area contributed by atoms with E-state index in [-0.39, 0.29) is 24.1 Å². The Bertz CT molecular complexity index is 1050. The Labute approximate surface area is 159 Å². The van der Waals surface area contributed by atoms with E-state index in [0.29, 0.717) is 17.2 Å². The van der Waals surface area contributed by atoms with Crippen molar-refractivity contribution in [3.63, 3.8) is 0 Å². The highest BCUT2D eigenvalue weighted by atomic mass is 16.7. The molecule has 1 aliphatic rings. The lowest BCUT2D eigenvalue weighted by Gasteiger charge is -2.15. The van der Waals surface area contributed by atoms with Gasteiger partial charge in [-0.2, -0.15) is 0 Å². The van der Waals surface area contributed by atoms with Gasteiger partial charge in [-0.15, -0.1) is 0 Å². The van der Waals surface area contributed by atoms with Crippen LogP contribution >= 0.6 is 0 Å². The molecule has 0 fully saturated rings. The van der Waals surface area contributed by atoms with Crippen LogP contribution in [0.15, 0.2) is 55.1 Å². The minimum atomic E-state index is -0.520. The van der Waals surface area contributed by atoms with Gasteiger partial charge in [0.25, 0.3) is 11.6 Å². The average molecular weight is 380 g/mol. The molecule has 1 unspecified atom stereocenters. The van der Waals surface area contributed by atoms with Crippen LogP contribution in [-0.2, 0) is 0 Å². The van der Waals surface area contributed by atoms with Gasteiger partial charge in [-0.3, -0.25) is 14.9 Å². The van der Waals surface area contributed by atoms with Crippen LogP contribution in [0.1, 0.15) is 28.9 Å². The third kappa shape index (κ3) is 3.25. The van der Waals surface area contributed by atoms with Crippen LogP contribution in [-0.4, -0.2) is 27.2 Å². The predicted molar refractivity (Wildman–Crippen MR) is 98.7 cm³/mol. The molecule has 9 heteroatoms. The fraction of sp³-hybridized carbons (Fsp3) is 0.158. The molecule has 1 aromatic heterocycles. The summed E-state index contributed by atoms with van der Waals surface area (Å²) in [6, 6.07) is 9.43. The van der Waals surface area contributed by atoms with Crippen LogP contribution in [0.3, 0.4) is 0 Å². The van der Waals surface area contributed by atoms with Gasteiger partial charge in [-0.1, -0.05) is 6.07 Å². The molecule has 3 aromatic rings. The average Bonchev–Trinajstić information content (AvgIpc) is 3.38. The highest BCUT2D eigenvalue weighted by molar-refractivity contribution is 5.95. The molecule has 142 valence electrons. The smallest absolute Gasteiger partial charge is 0.294 e. The molecule has 0 spiro atoms. The monoisotopic (exact) mass is 380 g/mol. The number of nitrogens with zero attached hydrogens (tertiary/aromatic N) is 3. The second kappa shape index (κ2) is 7.03. The lowest BCUT2D eigenvalue weighted by Crippen LogP contribution is -2.26. The zero-order valence-corrected chi connectivity index (χ0v) is 14.9. The summed E-state index contributed by atoms with van der Waals surface area (Å²) in [4.78, 5) is 27.5. The summed E-state index contributed by atoms with van der Waals surface area (Å²) in [5.41, 5.74) is 1.19. The van der Waals surface area contributed by atoms with Gasteiger partial charge in [0.15, 0.2) is 11.5 Å². The molecule has 0 saturated carbocycles. The zero-order chi connectivity index (χ0) is 19.7. The molecule has 1 amide bonds. The molecule has 28 heavy (non-hydrogen) atoms. The molecule has 1 aliphatic heterocycles. The normalized spacial score (nSPS) is 13.2. The quantitative estimate of drug-likeness (QED) is 0.538. The van der Waals surface area contributed by atoms with Crippen LogP contribution in [0.4, 0.5) is 5.69 Å². The van der Waals surface area contributed by atoms with Crippen LogP contribution in [0.2, 0.25) is 0 Å². The molecule has 2 heterocycles. The fourth-order valence-electron chi connectivity index (χ4n) is 2.98. The first kappa shape index (κ1) is 17.5. The molecule has 0 radical (unpaired) electrons. The maximum Gasteiger partial charge on any atom is 0.294 e. The topological polar surface area (TPSA) is 109 Å². The van der Waals surface area contributed by atoms with Crippen molar-refractivity contribution in [2.75, 3.05) is 6.79 Å². The summed E-state index contributed by atoms with van der Waals surface area (Å²) in [6.45, 7) is 2.00. The van der Waals surface area contributed by atoms with E-state index in [1.807, 2.05) is 13.0 Å². The first-order valence-electron chi connectivity index (χ1n) is 8.50. The van der Waals surface area contributed by atoms with Crippen molar-refractivity contribution in [3.8, 4) is 17.2 Å². The highest BCUT2D eigenvalue weighted by Crippen LogP contribution is 2.34. The van der Waals surface area contributed by atoms with Gasteiger partial charge in [0, 0.05) is 24.0 Å². The van der Waals surface area contributed by atoms with E-state index >= 15 is 0 Å². The molecule has 0 aliphatic carbocycles. The van der Waals surface area contributed by atoms with Crippen molar-refractivity contribution in [1.29, 1.82) is 0 Å². The lowest BCUT2D eigenvalue weighted by molar-refractivity contribution is -0.384. The first-order chi connectivity index (χ1) is 13.5. The van der Waals surface area contributed by atoms with Crippen molar-refractivity contribution in [1.82, 2.24) is 14.9 Å². The van der Waals surface area contributed by atoms with E-state index in [1.165, 1.54) is 29.2 Å². The van der Waals surface area contributed by atoms with Gasteiger partial charge in [0.1, 0.15) is 5.69 Å². The lowest BCUT2D eigenvalue weighted by atomic mass is 10.1. The molecule has 0 bridgehead atoms. The van der Waals surface area contributed by atoms with E-state index in [1.54, 1.807) is 24.4 Å². The van der Waals surface area contributed by atoms with Crippen molar-refractivity contribution in [2.24, 2.45) is 0 Å². The minimum absolute atomic E-state index is 0.173. The number of nitro groups is 1. The Balaban J connectivity index is 1.56. The van der Waals surface area contributed by atoms with Gasteiger partial charge in [-0.25, -0.2) is 4.98 Å². The Kier molecular flexibility index (Phi) is 4.40. The highest BCUT2D eigenvalue weighted by Gasteiger charge is 2.21. The number of hydrogen-bond donors (Lipinski definition) is 1. The molecule has 2 aromatic carbocycles. The first-order valence-corrected chi connectivity index (χ1v) is 8.50. The van der Waals surface area contributed by atoms with E-state index in [9.17, 15) is 14.9 Å². The number of carbonyl (C=O) groups excluding carboxylic acids is 1. The summed E-state index contributed by atoms with van der Waals surface area (Å²) in [7, 11) is 0. The summed E-state index contributed by atoms with van der Waals surface area (Å²) in [5.74, 6) is 0.873. The SMILES string of the molecule is CC(NC(=O)c1ccc(-n2ccnc2)c([N+](=O)[O-])c1)c1ccc2c(c1)OCO2. The molecular formula is C19H16N4O5. The van der Waals surface area contributed by atoms with Crippen molar-refractivity contribution in [2.45, 2.75) is 13.0 Å². The molecular weight excluding hydrogens is 364 g/mol. The second-order valence-corrected chi connectivity index (χ2v) is 6.24. The molecule has 9 nitrogen and oxygen atoms in total. The number of amides is 1. The van der Waals surface area contributed by atoms with E-state index in [0.717, 1.165) is 5.56 Å². The predicted octanol–water partition coefficient (Wildman–Crippen LogP) is 3.00. The number of fused-ring (bicyclic) bond motifs is 1. The van der Waals surface area contributed by atoms with Crippen LogP contribution in [0, 0.1) is 10.1 Å². The third-order valence-electron chi connectivity index (χ3n) is 4.46. The van der Waals surface area contributed by atoms with Gasteiger partial charge >= 0.3 is 0 Å². The largest absolute Gasteiger partial charge is 0.454 e. The fourth-order valence-corrected chi connectivity index (χ4v) is 2.98. The van der Waals surface area contributed by atoms with Gasteiger partial charge in [-0.05, 0) is 36.8 Å². The second-order valence-electron chi connectivity index (χ2n) is 6.24. The Morgan fingerprint density at radius 1 is 1.25 bits per heavy atom. The summed E-state index contributed by atoms with van der Waals surface area (Å²) in [5, 5.41) is 14.3. The van der Waals surface area contributed by atoms with Crippen molar-refractivity contribution >= 4 is 11.6 Å². The number of imidazole rings is 1. The van der Waals surface area contributed by atoms with Gasteiger partial charge in [0.05, 0.1) is 17.3 Å². The number of nitrogens with one attached hydrogen (secondary N) is 1. The van der Waals surface area contributed by atoms with Crippen molar-refractivity contribution < 1.29 is 19.2 Å². The maximum absolute atomic E-state index is 12.6. The van der Waals surface area contributed by atoms with Crippen LogP contribution in [0.25, 0.3) is 5.69 Å². The molecule has 1 N–H and O–H groups in total. The number of carbonyl (C=O) groups is 1. The third-order valence-corrected chi connectivity index (χ3v) is 4.46. The maximum atomic E-state index is 12.6. The van der Waals surface area contributed by atoms with Crippen LogP contribution < -0.4 is 14.8 Å². The Hall–Kier alpha value is -3.88. The number of hydrogen-bond acceptors (Lipinski definition) is 6.